The quantitative estimate of drug-likeness (QED) is 0.634. The van der Waals surface area contributed by atoms with E-state index in [9.17, 15) is 18.0 Å². The lowest BCUT2D eigenvalue weighted by molar-refractivity contribution is -0.133. The summed E-state index contributed by atoms with van der Waals surface area (Å²) in [5, 5.41) is 3.18. The van der Waals surface area contributed by atoms with Crippen LogP contribution >= 0.6 is 0 Å². The Morgan fingerprint density at radius 1 is 0.971 bits per heavy atom. The predicted molar refractivity (Wildman–Crippen MR) is 137 cm³/mol. The molecule has 35 heavy (non-hydrogen) atoms. The Morgan fingerprint density at radius 3 is 2.17 bits per heavy atom. The first-order valence-corrected chi connectivity index (χ1v) is 13.8. The molecule has 0 aromatic heterocycles. The van der Waals surface area contributed by atoms with Crippen LogP contribution in [0.3, 0.4) is 0 Å². The van der Waals surface area contributed by atoms with Gasteiger partial charge in [-0.25, -0.2) is 8.42 Å². The fourth-order valence-electron chi connectivity index (χ4n) is 5.32. The number of hydrogen-bond donors (Lipinski definition) is 1. The highest BCUT2D eigenvalue weighted by Crippen LogP contribution is 2.33. The number of rotatable bonds is 5. The minimum atomic E-state index is -3.95. The van der Waals surface area contributed by atoms with E-state index < -0.39 is 21.5 Å². The van der Waals surface area contributed by atoms with Gasteiger partial charge in [-0.05, 0) is 69.0 Å². The number of piperazine rings is 1. The highest BCUT2D eigenvalue weighted by atomic mass is 32.2. The first-order valence-electron chi connectivity index (χ1n) is 12.4. The van der Waals surface area contributed by atoms with Crippen LogP contribution in [0.2, 0.25) is 0 Å². The summed E-state index contributed by atoms with van der Waals surface area (Å²) >= 11 is 0. The van der Waals surface area contributed by atoms with Gasteiger partial charge in [0.05, 0.1) is 11.4 Å². The summed E-state index contributed by atoms with van der Waals surface area (Å²) in [5.41, 5.74) is 1.16. The van der Waals surface area contributed by atoms with Crippen molar-refractivity contribution in [3.63, 3.8) is 0 Å². The zero-order chi connectivity index (χ0) is 25.2. The van der Waals surface area contributed by atoms with Gasteiger partial charge >= 0.3 is 0 Å². The fourth-order valence-corrected chi connectivity index (χ4v) is 6.83. The molecule has 1 atom stereocenters. The lowest BCUT2D eigenvalue weighted by Crippen LogP contribution is -2.70. The van der Waals surface area contributed by atoms with E-state index in [1.807, 2.05) is 32.0 Å². The lowest BCUT2D eigenvalue weighted by atomic mass is 9.93. The van der Waals surface area contributed by atoms with Crippen LogP contribution in [0.1, 0.15) is 56.6 Å². The molecule has 2 aliphatic rings. The highest BCUT2D eigenvalue weighted by Gasteiger charge is 2.51. The van der Waals surface area contributed by atoms with E-state index in [1.54, 1.807) is 25.1 Å². The smallest absolute Gasteiger partial charge is 0.247 e. The third-order valence-electron chi connectivity index (χ3n) is 7.06. The van der Waals surface area contributed by atoms with E-state index in [-0.39, 0.29) is 29.9 Å². The number of sulfonamides is 1. The number of nitrogens with one attached hydrogen (secondary N) is 1. The van der Waals surface area contributed by atoms with Crippen LogP contribution in [0.15, 0.2) is 53.4 Å². The van der Waals surface area contributed by atoms with Crippen molar-refractivity contribution in [1.29, 1.82) is 0 Å². The van der Waals surface area contributed by atoms with Crippen molar-refractivity contribution >= 4 is 27.5 Å². The van der Waals surface area contributed by atoms with E-state index in [1.165, 1.54) is 17.0 Å². The molecule has 1 aliphatic heterocycles. The first kappa shape index (κ1) is 25.4. The van der Waals surface area contributed by atoms with Crippen molar-refractivity contribution in [1.82, 2.24) is 9.62 Å². The summed E-state index contributed by atoms with van der Waals surface area (Å²) in [5.74, 6) is -0.732. The molecule has 7 nitrogen and oxygen atoms in total. The third-order valence-corrected chi connectivity index (χ3v) is 8.87. The van der Waals surface area contributed by atoms with E-state index in [0.717, 1.165) is 54.0 Å². The summed E-state index contributed by atoms with van der Waals surface area (Å²) in [7, 11) is -3.95. The molecule has 0 bridgehead atoms. The number of aryl methyl sites for hydroxylation is 2. The maximum Gasteiger partial charge on any atom is 0.247 e. The van der Waals surface area contributed by atoms with Crippen LogP contribution in [-0.4, -0.2) is 49.2 Å². The van der Waals surface area contributed by atoms with Gasteiger partial charge in [-0.2, -0.15) is 4.31 Å². The second-order valence-corrected chi connectivity index (χ2v) is 12.0. The molecular formula is C27H35N3O4S. The molecule has 0 unspecified atom stereocenters. The minimum absolute atomic E-state index is 0.0270. The van der Waals surface area contributed by atoms with Crippen LogP contribution in [0.4, 0.5) is 5.69 Å². The van der Waals surface area contributed by atoms with Gasteiger partial charge in [0.1, 0.15) is 5.54 Å². The molecule has 1 aliphatic carbocycles. The van der Waals surface area contributed by atoms with Gasteiger partial charge in [0.2, 0.25) is 21.8 Å². The Balaban J connectivity index is 1.73. The molecule has 0 radical (unpaired) electrons. The molecule has 4 rings (SSSR count). The van der Waals surface area contributed by atoms with Crippen molar-refractivity contribution in [2.24, 2.45) is 0 Å². The molecule has 1 saturated heterocycles. The number of anilines is 1. The number of carbonyl (C=O) groups is 2. The molecule has 2 amide bonds. The summed E-state index contributed by atoms with van der Waals surface area (Å²) < 4.78 is 28.1. The van der Waals surface area contributed by atoms with Gasteiger partial charge in [-0.1, -0.05) is 49.9 Å². The van der Waals surface area contributed by atoms with E-state index in [4.69, 9.17) is 0 Å². The van der Waals surface area contributed by atoms with Gasteiger partial charge in [0, 0.05) is 18.3 Å². The van der Waals surface area contributed by atoms with E-state index in [2.05, 4.69) is 5.32 Å². The highest BCUT2D eigenvalue weighted by molar-refractivity contribution is 7.89. The Morgan fingerprint density at radius 2 is 1.57 bits per heavy atom. The van der Waals surface area contributed by atoms with Gasteiger partial charge in [-0.15, -0.1) is 0 Å². The number of carbonyl (C=O) groups excluding carboxylic acids is 2. The second kappa shape index (κ2) is 10.1. The average Bonchev–Trinajstić information content (AvgIpc) is 3.07. The fraction of sp³-hybridized carbons (Fsp3) is 0.481. The van der Waals surface area contributed by atoms with Gasteiger partial charge < -0.3 is 5.32 Å². The first-order chi connectivity index (χ1) is 16.6. The van der Waals surface area contributed by atoms with Crippen molar-refractivity contribution in [2.75, 3.05) is 18.0 Å². The lowest BCUT2D eigenvalue weighted by Gasteiger charge is -2.47. The molecular weight excluding hydrogens is 462 g/mol. The zero-order valence-corrected chi connectivity index (χ0v) is 21.6. The van der Waals surface area contributed by atoms with E-state index >= 15 is 0 Å². The standard InChI is InChI=1S/C27H35N3O4S/c1-20-15-21(2)17-23(16-20)30-25(31)18-29(35(33,34)24-13-9-6-10-14-24)19-27(30,3)26(32)28-22-11-7-4-5-8-12-22/h6,9-10,13-17,22H,4-5,7-8,11-12,18-19H2,1-3H3,(H,28,32)/t27-/m0/s1. The van der Waals surface area contributed by atoms with Crippen molar-refractivity contribution < 1.29 is 18.0 Å². The molecule has 188 valence electrons. The molecule has 2 fully saturated rings. The Hall–Kier alpha value is -2.71. The maximum atomic E-state index is 13.9. The normalized spacial score (nSPS) is 22.6. The summed E-state index contributed by atoms with van der Waals surface area (Å²) in [6.45, 7) is 5.12. The summed E-state index contributed by atoms with van der Waals surface area (Å²) in [6, 6.07) is 13.9. The van der Waals surface area contributed by atoms with Crippen molar-refractivity contribution in [3.8, 4) is 0 Å². The van der Waals surface area contributed by atoms with Gasteiger partial charge in [0.25, 0.3) is 0 Å². The molecule has 1 N–H and O–H groups in total. The SMILES string of the molecule is Cc1cc(C)cc(N2C(=O)CN(S(=O)(=O)c3ccccc3)C[C@@]2(C)C(=O)NC2CCCCCC2)c1. The molecule has 0 spiro atoms. The number of amides is 2. The van der Waals surface area contributed by atoms with Crippen LogP contribution in [-0.2, 0) is 19.6 Å². The Kier molecular flexibility index (Phi) is 7.33. The molecule has 8 heteroatoms. The Bertz CT molecular complexity index is 1170. The second-order valence-electron chi connectivity index (χ2n) is 10.1. The number of hydrogen-bond acceptors (Lipinski definition) is 4. The number of nitrogens with zero attached hydrogens (tertiary/aromatic N) is 2. The van der Waals surface area contributed by atoms with E-state index in [0.29, 0.717) is 5.69 Å². The van der Waals surface area contributed by atoms with Crippen LogP contribution in [0, 0.1) is 13.8 Å². The molecule has 2 aromatic carbocycles. The number of benzene rings is 2. The summed E-state index contributed by atoms with van der Waals surface area (Å²) in [4.78, 5) is 29.1. The topological polar surface area (TPSA) is 86.8 Å². The zero-order valence-electron chi connectivity index (χ0n) is 20.8. The third kappa shape index (κ3) is 5.28. The molecule has 2 aromatic rings. The predicted octanol–water partition coefficient (Wildman–Crippen LogP) is 3.94. The maximum absolute atomic E-state index is 13.9. The molecule has 1 saturated carbocycles. The van der Waals surface area contributed by atoms with Crippen LogP contribution < -0.4 is 10.2 Å². The van der Waals surface area contributed by atoms with Gasteiger partial charge in [-0.3, -0.25) is 14.5 Å². The van der Waals surface area contributed by atoms with Gasteiger partial charge in [0.15, 0.2) is 0 Å². The molecule has 1 heterocycles. The Labute approximate surface area is 208 Å². The average molecular weight is 498 g/mol. The monoisotopic (exact) mass is 497 g/mol. The van der Waals surface area contributed by atoms with Crippen molar-refractivity contribution in [2.45, 2.75) is 75.8 Å². The van der Waals surface area contributed by atoms with Crippen LogP contribution in [0.5, 0.6) is 0 Å². The minimum Gasteiger partial charge on any atom is -0.351 e. The van der Waals surface area contributed by atoms with Crippen molar-refractivity contribution in [3.05, 3.63) is 59.7 Å². The largest absolute Gasteiger partial charge is 0.351 e. The van der Waals surface area contributed by atoms with Crippen LogP contribution in [0.25, 0.3) is 0 Å². The summed E-state index contributed by atoms with van der Waals surface area (Å²) in [6.07, 6.45) is 6.20.